The summed E-state index contributed by atoms with van der Waals surface area (Å²) in [5.74, 6) is -0.558. The lowest BCUT2D eigenvalue weighted by molar-refractivity contribution is 0.226. The molecule has 0 saturated carbocycles. The van der Waals surface area contributed by atoms with Gasteiger partial charge in [-0.1, -0.05) is 29.8 Å². The molecule has 2 aliphatic rings. The van der Waals surface area contributed by atoms with Gasteiger partial charge in [-0.2, -0.15) is 0 Å². The fourth-order valence-electron chi connectivity index (χ4n) is 4.59. The maximum Gasteiger partial charge on any atom is 0.348 e. The summed E-state index contributed by atoms with van der Waals surface area (Å²) in [6, 6.07) is 13.4. The lowest BCUT2D eigenvalue weighted by Gasteiger charge is -2.30. The molecular formula is C25H26F2N4O2. The van der Waals surface area contributed by atoms with E-state index in [1.165, 1.54) is 34.5 Å². The van der Waals surface area contributed by atoms with Crippen molar-refractivity contribution in [3.63, 3.8) is 0 Å². The van der Waals surface area contributed by atoms with E-state index >= 15 is 0 Å². The van der Waals surface area contributed by atoms with Crippen molar-refractivity contribution in [2.45, 2.75) is 32.4 Å². The Morgan fingerprint density at radius 3 is 2.06 bits per heavy atom. The minimum atomic E-state index is -0.279. The standard InChI is InChI=1S/C25H26F2N4O2/c26-21-6-2-18(3-7-21)23(19-4-8-22(27)9-5-19)20-10-13-29(14-11-20)15-16-31-25(32)30-12-1-17-33-24(30)28-31/h2-9H,1,10-17H2. The van der Waals surface area contributed by atoms with Crippen LogP contribution in [0.1, 0.15) is 30.4 Å². The van der Waals surface area contributed by atoms with Crippen molar-refractivity contribution in [2.75, 3.05) is 26.2 Å². The molecule has 6 nitrogen and oxygen atoms in total. The third-order valence-corrected chi connectivity index (χ3v) is 6.35. The summed E-state index contributed by atoms with van der Waals surface area (Å²) in [7, 11) is 0. The minimum absolute atomic E-state index is 0.114. The van der Waals surface area contributed by atoms with Crippen LogP contribution in [0.3, 0.4) is 0 Å². The zero-order valence-electron chi connectivity index (χ0n) is 18.3. The van der Waals surface area contributed by atoms with Crippen molar-refractivity contribution >= 4 is 5.57 Å². The van der Waals surface area contributed by atoms with Crippen molar-refractivity contribution in [1.82, 2.24) is 19.2 Å². The Labute approximate surface area is 190 Å². The van der Waals surface area contributed by atoms with Gasteiger partial charge in [0.15, 0.2) is 0 Å². The van der Waals surface area contributed by atoms with Crippen LogP contribution in [0, 0.1) is 11.6 Å². The molecule has 3 aromatic rings. The molecule has 2 aromatic carbocycles. The highest BCUT2D eigenvalue weighted by atomic mass is 19.1. The van der Waals surface area contributed by atoms with E-state index in [9.17, 15) is 13.6 Å². The minimum Gasteiger partial charge on any atom is -0.463 e. The number of likely N-dealkylation sites (tertiary alicyclic amines) is 1. The van der Waals surface area contributed by atoms with Gasteiger partial charge < -0.3 is 9.64 Å². The quantitative estimate of drug-likeness (QED) is 0.593. The predicted octanol–water partition coefficient (Wildman–Crippen LogP) is 3.70. The van der Waals surface area contributed by atoms with E-state index in [4.69, 9.17) is 4.74 Å². The zero-order valence-corrected chi connectivity index (χ0v) is 18.3. The van der Waals surface area contributed by atoms with E-state index in [0.29, 0.717) is 25.7 Å². The van der Waals surface area contributed by atoms with Crippen molar-refractivity contribution in [3.05, 3.63) is 87.3 Å². The largest absolute Gasteiger partial charge is 0.463 e. The fraction of sp³-hybridized carbons (Fsp3) is 0.360. The summed E-state index contributed by atoms with van der Waals surface area (Å²) >= 11 is 0. The van der Waals surface area contributed by atoms with Gasteiger partial charge in [-0.25, -0.2) is 22.8 Å². The second-order valence-corrected chi connectivity index (χ2v) is 8.48. The fourth-order valence-corrected chi connectivity index (χ4v) is 4.59. The Morgan fingerprint density at radius 2 is 1.48 bits per heavy atom. The molecule has 0 amide bonds. The Balaban J connectivity index is 1.31. The summed E-state index contributed by atoms with van der Waals surface area (Å²) in [5, 5.41) is 4.32. The number of benzene rings is 2. The van der Waals surface area contributed by atoms with Gasteiger partial charge in [0, 0.05) is 26.2 Å². The molecule has 0 N–H and O–H groups in total. The molecule has 0 spiro atoms. The maximum absolute atomic E-state index is 13.5. The number of hydrogen-bond donors (Lipinski definition) is 0. The van der Waals surface area contributed by atoms with E-state index in [1.54, 1.807) is 28.8 Å². The lowest BCUT2D eigenvalue weighted by atomic mass is 9.88. The van der Waals surface area contributed by atoms with Crippen LogP contribution in [-0.4, -0.2) is 45.5 Å². The molecule has 0 unspecified atom stereocenters. The van der Waals surface area contributed by atoms with Gasteiger partial charge in [0.05, 0.1) is 13.2 Å². The van der Waals surface area contributed by atoms with Crippen LogP contribution in [0.25, 0.3) is 5.57 Å². The van der Waals surface area contributed by atoms with Gasteiger partial charge in [0.25, 0.3) is 0 Å². The van der Waals surface area contributed by atoms with E-state index in [0.717, 1.165) is 55.6 Å². The van der Waals surface area contributed by atoms with E-state index in [-0.39, 0.29) is 17.3 Å². The number of halogens is 2. The third-order valence-electron chi connectivity index (χ3n) is 6.35. The van der Waals surface area contributed by atoms with Crippen LogP contribution in [0.2, 0.25) is 0 Å². The summed E-state index contributed by atoms with van der Waals surface area (Å²) in [6.07, 6.45) is 2.52. The molecule has 3 heterocycles. The number of piperidine rings is 1. The van der Waals surface area contributed by atoms with E-state index in [1.807, 2.05) is 0 Å². The molecule has 0 radical (unpaired) electrons. The molecule has 1 fully saturated rings. The van der Waals surface area contributed by atoms with E-state index in [2.05, 4.69) is 10.00 Å². The Morgan fingerprint density at radius 1 is 0.879 bits per heavy atom. The second kappa shape index (κ2) is 9.31. The van der Waals surface area contributed by atoms with E-state index < -0.39 is 0 Å². The topological polar surface area (TPSA) is 52.3 Å². The molecule has 2 aliphatic heterocycles. The summed E-state index contributed by atoms with van der Waals surface area (Å²) in [4.78, 5) is 14.8. The van der Waals surface area contributed by atoms with Crippen molar-refractivity contribution < 1.29 is 13.5 Å². The molecule has 172 valence electrons. The van der Waals surface area contributed by atoms with Gasteiger partial charge in [0.1, 0.15) is 11.6 Å². The van der Waals surface area contributed by atoms with Gasteiger partial charge >= 0.3 is 11.7 Å². The maximum atomic E-state index is 13.5. The predicted molar refractivity (Wildman–Crippen MR) is 121 cm³/mol. The number of hydrogen-bond acceptors (Lipinski definition) is 4. The number of nitrogens with zero attached hydrogens (tertiary/aromatic N) is 4. The molecule has 1 aromatic heterocycles. The number of rotatable bonds is 5. The third kappa shape index (κ3) is 4.61. The van der Waals surface area contributed by atoms with Gasteiger partial charge in [-0.15, -0.1) is 5.10 Å². The molecule has 5 rings (SSSR count). The molecule has 1 saturated heterocycles. The first-order valence-electron chi connectivity index (χ1n) is 11.4. The highest BCUT2D eigenvalue weighted by molar-refractivity contribution is 5.82. The molecule has 0 bridgehead atoms. The van der Waals surface area contributed by atoms with Crippen LogP contribution in [-0.2, 0) is 13.1 Å². The van der Waals surface area contributed by atoms with Crippen LogP contribution in [0.4, 0.5) is 8.78 Å². The van der Waals surface area contributed by atoms with Crippen LogP contribution in [0.5, 0.6) is 6.01 Å². The van der Waals surface area contributed by atoms with Crippen LogP contribution >= 0.6 is 0 Å². The first-order valence-corrected chi connectivity index (χ1v) is 11.4. The highest BCUT2D eigenvalue weighted by Crippen LogP contribution is 2.32. The number of fused-ring (bicyclic) bond motifs is 1. The monoisotopic (exact) mass is 452 g/mol. The second-order valence-electron chi connectivity index (χ2n) is 8.48. The molecule has 33 heavy (non-hydrogen) atoms. The number of aromatic nitrogens is 3. The summed E-state index contributed by atoms with van der Waals surface area (Å²) in [5.41, 5.74) is 4.07. The first-order chi connectivity index (χ1) is 16.1. The molecule has 8 heteroatoms. The summed E-state index contributed by atoms with van der Waals surface area (Å²) in [6.45, 7) is 4.19. The molecule has 0 aliphatic carbocycles. The SMILES string of the molecule is O=c1n(CCN2CCC(=C(c3ccc(F)cc3)c3ccc(F)cc3)CC2)nc2n1CCCO2. The number of ether oxygens (including phenoxy) is 1. The summed E-state index contributed by atoms with van der Waals surface area (Å²) < 4.78 is 35.6. The zero-order chi connectivity index (χ0) is 22.8. The highest BCUT2D eigenvalue weighted by Gasteiger charge is 2.21. The molecular weight excluding hydrogens is 426 g/mol. The van der Waals surface area contributed by atoms with Crippen LogP contribution in [0.15, 0.2) is 58.9 Å². The Bertz CT molecular complexity index is 1160. The Kier molecular flexibility index (Phi) is 6.09. The van der Waals surface area contributed by atoms with Crippen molar-refractivity contribution in [1.29, 1.82) is 0 Å². The van der Waals surface area contributed by atoms with Crippen LogP contribution < -0.4 is 10.4 Å². The first kappa shape index (κ1) is 21.6. The lowest BCUT2D eigenvalue weighted by Crippen LogP contribution is -2.36. The smallest absolute Gasteiger partial charge is 0.348 e. The Hall–Kier alpha value is -3.26. The van der Waals surface area contributed by atoms with Crippen molar-refractivity contribution in [3.8, 4) is 6.01 Å². The van der Waals surface area contributed by atoms with Gasteiger partial charge in [0.2, 0.25) is 0 Å². The van der Waals surface area contributed by atoms with Crippen molar-refractivity contribution in [2.24, 2.45) is 0 Å². The normalized spacial score (nSPS) is 16.4. The van der Waals surface area contributed by atoms with Gasteiger partial charge in [-0.3, -0.25) is 0 Å². The molecule has 0 atom stereocenters. The average Bonchev–Trinajstić information content (AvgIpc) is 3.17. The average molecular weight is 453 g/mol. The van der Waals surface area contributed by atoms with Gasteiger partial charge in [-0.05, 0) is 60.2 Å².